The molecule has 1 N–H and O–H groups in total. The zero-order chi connectivity index (χ0) is 20.8. The lowest BCUT2D eigenvalue weighted by atomic mass is 10.1. The highest BCUT2D eigenvalue weighted by Crippen LogP contribution is 2.18. The van der Waals surface area contributed by atoms with Crippen molar-refractivity contribution >= 4 is 39.0 Å². The highest BCUT2D eigenvalue weighted by molar-refractivity contribution is 9.10. The molecule has 0 saturated carbocycles. The molecule has 0 bridgehead atoms. The summed E-state index contributed by atoms with van der Waals surface area (Å²) >= 11 is 3.32. The van der Waals surface area contributed by atoms with E-state index in [0.717, 1.165) is 4.47 Å². The quantitative estimate of drug-likeness (QED) is 0.311. The summed E-state index contributed by atoms with van der Waals surface area (Å²) in [4.78, 5) is 34.5. The average molecular weight is 455 g/mol. The number of halogens is 1. The molecule has 0 aliphatic carbocycles. The van der Waals surface area contributed by atoms with Gasteiger partial charge in [0, 0.05) is 33.4 Å². The molecule has 0 radical (unpaired) electrons. The minimum atomic E-state index is -0.526. The predicted molar refractivity (Wildman–Crippen MR) is 111 cm³/mol. The first kappa shape index (κ1) is 20.2. The number of anilines is 1. The van der Waals surface area contributed by atoms with Crippen molar-refractivity contribution < 1.29 is 19.2 Å². The molecule has 0 heterocycles. The third kappa shape index (κ3) is 5.49. The van der Waals surface area contributed by atoms with Gasteiger partial charge in [0.25, 0.3) is 11.6 Å². The van der Waals surface area contributed by atoms with E-state index in [1.165, 1.54) is 24.3 Å². The zero-order valence-electron chi connectivity index (χ0n) is 15.0. The van der Waals surface area contributed by atoms with Gasteiger partial charge < -0.3 is 10.1 Å². The number of ketones is 1. The third-order valence-electron chi connectivity index (χ3n) is 3.99. The number of carbonyl (C=O) groups excluding carboxylic acids is 2. The van der Waals surface area contributed by atoms with Crippen LogP contribution in [0, 0.1) is 10.1 Å². The molecule has 7 nitrogen and oxygen atoms in total. The second-order valence-corrected chi connectivity index (χ2v) is 6.92. The number of rotatable bonds is 7. The molecule has 3 aromatic carbocycles. The number of nitrogens with one attached hydrogen (secondary N) is 1. The number of Topliss-reactive ketones (excluding diaryl/α,β-unsaturated/α-hetero) is 1. The van der Waals surface area contributed by atoms with Crippen LogP contribution in [0.4, 0.5) is 11.4 Å². The highest BCUT2D eigenvalue weighted by Gasteiger charge is 2.10. The molecule has 29 heavy (non-hydrogen) atoms. The monoisotopic (exact) mass is 454 g/mol. The largest absolute Gasteiger partial charge is 0.485 e. The molecule has 0 aromatic heterocycles. The minimum Gasteiger partial charge on any atom is -0.485 e. The van der Waals surface area contributed by atoms with Crippen molar-refractivity contribution in [2.75, 3.05) is 11.9 Å². The van der Waals surface area contributed by atoms with Crippen LogP contribution in [0.1, 0.15) is 20.7 Å². The van der Waals surface area contributed by atoms with Crippen molar-refractivity contribution in [2.45, 2.75) is 0 Å². The topological polar surface area (TPSA) is 98.5 Å². The van der Waals surface area contributed by atoms with E-state index in [4.69, 9.17) is 4.74 Å². The Hall–Kier alpha value is -3.52. The van der Waals surface area contributed by atoms with Gasteiger partial charge in [0.15, 0.2) is 12.4 Å². The number of nitrogens with zero attached hydrogens (tertiary/aromatic N) is 1. The number of amides is 1. The first-order valence-corrected chi connectivity index (χ1v) is 9.29. The average Bonchev–Trinajstić information content (AvgIpc) is 2.73. The maximum atomic E-state index is 12.2. The number of ether oxygens (including phenoxy) is 1. The fourth-order valence-corrected chi connectivity index (χ4v) is 2.70. The van der Waals surface area contributed by atoms with E-state index in [2.05, 4.69) is 21.2 Å². The summed E-state index contributed by atoms with van der Waals surface area (Å²) in [6.45, 7) is -0.101. The molecular formula is C21H15BrN2O5. The van der Waals surface area contributed by atoms with E-state index in [1.54, 1.807) is 48.5 Å². The summed E-state index contributed by atoms with van der Waals surface area (Å²) in [6.07, 6.45) is 0. The predicted octanol–water partition coefficient (Wildman–Crippen LogP) is 4.87. The van der Waals surface area contributed by atoms with Gasteiger partial charge in [-0.2, -0.15) is 0 Å². The fraction of sp³-hybridized carbons (Fsp3) is 0.0476. The van der Waals surface area contributed by atoms with Crippen molar-refractivity contribution in [3.8, 4) is 5.75 Å². The lowest BCUT2D eigenvalue weighted by molar-refractivity contribution is -0.384. The number of benzene rings is 3. The number of carbonyl (C=O) groups is 2. The summed E-state index contributed by atoms with van der Waals surface area (Å²) in [5, 5.41) is 13.4. The molecule has 0 aliphatic rings. The van der Waals surface area contributed by atoms with Crippen molar-refractivity contribution in [1.82, 2.24) is 0 Å². The van der Waals surface area contributed by atoms with Crippen molar-refractivity contribution in [3.05, 3.63) is 98.5 Å². The number of nitro groups is 1. The molecule has 0 saturated heterocycles. The number of non-ortho nitro benzene ring substituents is 1. The van der Waals surface area contributed by atoms with Gasteiger partial charge in [-0.15, -0.1) is 0 Å². The van der Waals surface area contributed by atoms with Crippen LogP contribution >= 0.6 is 15.9 Å². The Morgan fingerprint density at radius 1 is 0.897 bits per heavy atom. The molecule has 146 valence electrons. The number of hydrogen-bond donors (Lipinski definition) is 1. The van der Waals surface area contributed by atoms with Gasteiger partial charge in [0.1, 0.15) is 5.75 Å². The summed E-state index contributed by atoms with van der Waals surface area (Å²) in [5.74, 6) is -0.0455. The zero-order valence-corrected chi connectivity index (χ0v) is 16.6. The van der Waals surface area contributed by atoms with Crippen molar-refractivity contribution in [1.29, 1.82) is 0 Å². The van der Waals surface area contributed by atoms with Gasteiger partial charge in [-0.05, 0) is 48.5 Å². The van der Waals surface area contributed by atoms with Crippen LogP contribution < -0.4 is 10.1 Å². The molecule has 0 aliphatic heterocycles. The van der Waals surface area contributed by atoms with E-state index in [9.17, 15) is 19.7 Å². The minimum absolute atomic E-state index is 0.0827. The molecular weight excluding hydrogens is 440 g/mol. The van der Waals surface area contributed by atoms with Gasteiger partial charge in [-0.25, -0.2) is 0 Å². The lowest BCUT2D eigenvalue weighted by Gasteiger charge is -2.08. The second-order valence-electron chi connectivity index (χ2n) is 6.00. The Labute approximate surface area is 174 Å². The highest BCUT2D eigenvalue weighted by atomic mass is 79.9. The van der Waals surface area contributed by atoms with Crippen LogP contribution in [0.3, 0.4) is 0 Å². The van der Waals surface area contributed by atoms with Crippen LogP contribution in [-0.2, 0) is 0 Å². The molecule has 1 amide bonds. The van der Waals surface area contributed by atoms with Gasteiger partial charge in [0.2, 0.25) is 0 Å². The third-order valence-corrected chi connectivity index (χ3v) is 4.52. The number of nitro benzene ring substituents is 1. The summed E-state index contributed by atoms with van der Waals surface area (Å²) < 4.78 is 6.38. The smallest absolute Gasteiger partial charge is 0.269 e. The second kappa shape index (κ2) is 9.11. The van der Waals surface area contributed by atoms with Crippen LogP contribution in [0.2, 0.25) is 0 Å². The van der Waals surface area contributed by atoms with E-state index in [0.29, 0.717) is 22.6 Å². The van der Waals surface area contributed by atoms with Crippen molar-refractivity contribution in [2.24, 2.45) is 0 Å². The molecule has 0 unspecified atom stereocenters. The Kier molecular flexibility index (Phi) is 6.36. The molecule has 0 spiro atoms. The SMILES string of the molecule is O=C(COc1ccc(NC(=O)c2ccc([N+](=O)[O-])cc2)cc1)c1ccc(Br)cc1. The number of hydrogen-bond acceptors (Lipinski definition) is 5. The summed E-state index contributed by atoms with van der Waals surface area (Å²) in [5.41, 5.74) is 1.30. The Bertz CT molecular complexity index is 1030. The Morgan fingerprint density at radius 2 is 1.48 bits per heavy atom. The lowest BCUT2D eigenvalue weighted by Crippen LogP contribution is -2.12. The normalized spacial score (nSPS) is 10.2. The fourth-order valence-electron chi connectivity index (χ4n) is 2.44. The van der Waals surface area contributed by atoms with Crippen molar-refractivity contribution in [3.63, 3.8) is 0 Å². The molecule has 8 heteroatoms. The standard InChI is InChI=1S/C21H15BrN2O5/c22-16-5-1-14(2-6-16)20(25)13-29-19-11-7-17(8-12-19)23-21(26)15-3-9-18(10-4-15)24(27)28/h1-12H,13H2,(H,23,26). The molecule has 0 fully saturated rings. The van der Waals surface area contributed by atoms with Gasteiger partial charge in [-0.3, -0.25) is 19.7 Å². The van der Waals surface area contributed by atoms with Crippen LogP contribution in [0.5, 0.6) is 5.75 Å². The van der Waals surface area contributed by atoms with E-state index >= 15 is 0 Å². The summed E-state index contributed by atoms with van der Waals surface area (Å²) in [6, 6.07) is 18.9. The van der Waals surface area contributed by atoms with Crippen LogP contribution in [-0.4, -0.2) is 23.2 Å². The molecule has 3 rings (SSSR count). The first-order chi connectivity index (χ1) is 13.9. The maximum Gasteiger partial charge on any atom is 0.269 e. The Balaban J connectivity index is 1.55. The first-order valence-electron chi connectivity index (χ1n) is 8.50. The van der Waals surface area contributed by atoms with Crippen LogP contribution in [0.15, 0.2) is 77.3 Å². The van der Waals surface area contributed by atoms with Gasteiger partial charge in [-0.1, -0.05) is 28.1 Å². The molecule has 3 aromatic rings. The maximum absolute atomic E-state index is 12.2. The van der Waals surface area contributed by atoms with E-state index in [1.807, 2.05) is 0 Å². The summed E-state index contributed by atoms with van der Waals surface area (Å²) in [7, 11) is 0. The van der Waals surface area contributed by atoms with Crippen LogP contribution in [0.25, 0.3) is 0 Å². The van der Waals surface area contributed by atoms with Gasteiger partial charge >= 0.3 is 0 Å². The van der Waals surface area contributed by atoms with Gasteiger partial charge in [0.05, 0.1) is 4.92 Å². The Morgan fingerprint density at radius 3 is 2.07 bits per heavy atom. The molecule has 0 atom stereocenters. The van der Waals surface area contributed by atoms with E-state index < -0.39 is 4.92 Å². The van der Waals surface area contributed by atoms with E-state index in [-0.39, 0.29) is 24.0 Å².